The molecule has 84 valence electrons. The summed E-state index contributed by atoms with van der Waals surface area (Å²) in [6.45, 7) is 5.37. The lowest BCUT2D eigenvalue weighted by Crippen LogP contribution is -2.30. The van der Waals surface area contributed by atoms with Gasteiger partial charge in [-0.2, -0.15) is 4.98 Å². The van der Waals surface area contributed by atoms with E-state index in [4.69, 9.17) is 15.0 Å². The Morgan fingerprint density at radius 1 is 1.53 bits per heavy atom. The molecular formula is C9H15N3O2S. The van der Waals surface area contributed by atoms with E-state index in [-0.39, 0.29) is 0 Å². The average Bonchev–Trinajstić information content (AvgIpc) is 2.48. The van der Waals surface area contributed by atoms with Gasteiger partial charge in [0.1, 0.15) is 0 Å². The van der Waals surface area contributed by atoms with Gasteiger partial charge in [0.25, 0.3) is 0 Å². The van der Waals surface area contributed by atoms with Gasteiger partial charge in [0.2, 0.25) is 5.89 Å². The van der Waals surface area contributed by atoms with Crippen LogP contribution in [0.3, 0.4) is 0 Å². The number of thioether (sulfide) groups is 1. The predicted molar refractivity (Wildman–Crippen MR) is 57.4 cm³/mol. The highest BCUT2D eigenvalue weighted by molar-refractivity contribution is 7.99. The van der Waals surface area contributed by atoms with Gasteiger partial charge in [0.15, 0.2) is 5.82 Å². The second-order valence-electron chi connectivity index (χ2n) is 4.20. The molecule has 0 unspecified atom stereocenters. The fourth-order valence-electron chi connectivity index (χ4n) is 1.07. The third-order valence-electron chi connectivity index (χ3n) is 2.09. The van der Waals surface area contributed by atoms with Crippen LogP contribution >= 0.6 is 11.8 Å². The molecule has 0 spiro atoms. The minimum absolute atomic E-state index is 0.536. The topological polar surface area (TPSA) is 74.2 Å². The maximum absolute atomic E-state index is 5.85. The van der Waals surface area contributed by atoms with Crippen LogP contribution in [0.4, 0.5) is 0 Å². The summed E-state index contributed by atoms with van der Waals surface area (Å²) in [6.07, 6.45) is 0. The van der Waals surface area contributed by atoms with Crippen molar-refractivity contribution in [1.29, 1.82) is 0 Å². The second-order valence-corrected chi connectivity index (χ2v) is 5.49. The highest BCUT2D eigenvalue weighted by Crippen LogP contribution is 2.23. The molecule has 0 aliphatic carbocycles. The van der Waals surface area contributed by atoms with E-state index in [0.717, 1.165) is 19.0 Å². The Morgan fingerprint density at radius 2 is 2.27 bits per heavy atom. The number of hydrogen-bond acceptors (Lipinski definition) is 6. The fraction of sp³-hybridized carbons (Fsp3) is 0.778. The highest BCUT2D eigenvalue weighted by Gasteiger charge is 2.23. The molecule has 6 heteroatoms. The molecule has 0 amide bonds. The number of aromatic nitrogens is 2. The van der Waals surface area contributed by atoms with Gasteiger partial charge in [-0.1, -0.05) is 5.16 Å². The van der Waals surface area contributed by atoms with Crippen molar-refractivity contribution in [1.82, 2.24) is 10.1 Å². The van der Waals surface area contributed by atoms with Crippen molar-refractivity contribution < 1.29 is 9.26 Å². The van der Waals surface area contributed by atoms with Crippen LogP contribution in [0.2, 0.25) is 0 Å². The molecule has 5 nitrogen and oxygen atoms in total. The first kappa shape index (κ1) is 10.9. The SMILES string of the molecule is CC(C)(N)c1noc(CSC2COC2)n1. The van der Waals surface area contributed by atoms with Crippen molar-refractivity contribution >= 4 is 11.8 Å². The first-order valence-corrected chi connectivity index (χ1v) is 5.92. The zero-order valence-corrected chi connectivity index (χ0v) is 9.71. The summed E-state index contributed by atoms with van der Waals surface area (Å²) in [4.78, 5) is 4.25. The lowest BCUT2D eigenvalue weighted by atomic mass is 10.1. The fourth-order valence-corrected chi connectivity index (χ4v) is 1.96. The van der Waals surface area contributed by atoms with Crippen LogP contribution in [-0.2, 0) is 16.0 Å². The van der Waals surface area contributed by atoms with E-state index in [2.05, 4.69) is 10.1 Å². The number of hydrogen-bond donors (Lipinski definition) is 1. The van der Waals surface area contributed by atoms with Gasteiger partial charge in [-0.3, -0.25) is 0 Å². The lowest BCUT2D eigenvalue weighted by molar-refractivity contribution is 0.0454. The molecule has 1 aromatic heterocycles. The number of nitrogens with two attached hydrogens (primary N) is 1. The molecule has 2 N–H and O–H groups in total. The van der Waals surface area contributed by atoms with Crippen LogP contribution in [-0.4, -0.2) is 28.6 Å². The quantitative estimate of drug-likeness (QED) is 0.826. The Bertz CT molecular complexity index is 330. The Hall–Kier alpha value is -0.590. The van der Waals surface area contributed by atoms with Crippen molar-refractivity contribution in [2.45, 2.75) is 30.4 Å². The van der Waals surface area contributed by atoms with Crippen molar-refractivity contribution in [3.05, 3.63) is 11.7 Å². The van der Waals surface area contributed by atoms with Crippen LogP contribution in [0.25, 0.3) is 0 Å². The molecule has 1 aromatic rings. The van der Waals surface area contributed by atoms with Gasteiger partial charge in [-0.25, -0.2) is 0 Å². The zero-order chi connectivity index (χ0) is 10.9. The normalized spacial score (nSPS) is 17.8. The monoisotopic (exact) mass is 229 g/mol. The van der Waals surface area contributed by atoms with E-state index >= 15 is 0 Å². The molecular weight excluding hydrogens is 214 g/mol. The van der Waals surface area contributed by atoms with Crippen molar-refractivity contribution in [3.8, 4) is 0 Å². The van der Waals surface area contributed by atoms with E-state index in [1.165, 1.54) is 0 Å². The van der Waals surface area contributed by atoms with Gasteiger partial charge < -0.3 is 15.0 Å². The Labute approximate surface area is 92.7 Å². The van der Waals surface area contributed by atoms with Gasteiger partial charge in [-0.05, 0) is 13.8 Å². The summed E-state index contributed by atoms with van der Waals surface area (Å²) in [5, 5.41) is 4.43. The van der Waals surface area contributed by atoms with E-state index in [9.17, 15) is 0 Å². The number of ether oxygens (including phenoxy) is 1. The van der Waals surface area contributed by atoms with Crippen LogP contribution < -0.4 is 5.73 Å². The van der Waals surface area contributed by atoms with Gasteiger partial charge >= 0.3 is 0 Å². The van der Waals surface area contributed by atoms with Crippen molar-refractivity contribution in [2.24, 2.45) is 5.73 Å². The van der Waals surface area contributed by atoms with Crippen molar-refractivity contribution in [2.75, 3.05) is 13.2 Å². The summed E-state index contributed by atoms with van der Waals surface area (Å²) >= 11 is 1.78. The summed E-state index contributed by atoms with van der Waals surface area (Å²) < 4.78 is 10.2. The average molecular weight is 229 g/mol. The van der Waals surface area contributed by atoms with E-state index < -0.39 is 5.54 Å². The van der Waals surface area contributed by atoms with Crippen molar-refractivity contribution in [3.63, 3.8) is 0 Å². The smallest absolute Gasteiger partial charge is 0.236 e. The summed E-state index contributed by atoms with van der Waals surface area (Å²) in [5.74, 6) is 1.93. The van der Waals surface area contributed by atoms with E-state index in [0.29, 0.717) is 17.0 Å². The maximum atomic E-state index is 5.85. The third-order valence-corrected chi connectivity index (χ3v) is 3.25. The second kappa shape index (κ2) is 4.11. The molecule has 15 heavy (non-hydrogen) atoms. The van der Waals surface area contributed by atoms with E-state index in [1.54, 1.807) is 11.8 Å². The Kier molecular flexibility index (Phi) is 2.99. The summed E-state index contributed by atoms with van der Waals surface area (Å²) in [5.41, 5.74) is 5.32. The molecule has 0 saturated carbocycles. The number of nitrogens with zero attached hydrogens (tertiary/aromatic N) is 2. The zero-order valence-electron chi connectivity index (χ0n) is 8.90. The standard InChI is InChI=1S/C9H15N3O2S/c1-9(2,10)8-11-7(14-12-8)5-15-6-3-13-4-6/h6H,3-5,10H2,1-2H3. The molecule has 1 aliphatic rings. The van der Waals surface area contributed by atoms with Gasteiger partial charge in [0.05, 0.1) is 29.8 Å². The molecule has 0 atom stereocenters. The molecule has 2 heterocycles. The minimum atomic E-state index is -0.536. The predicted octanol–water partition coefficient (Wildman–Crippen LogP) is 0.895. The highest BCUT2D eigenvalue weighted by atomic mass is 32.2. The maximum Gasteiger partial charge on any atom is 0.236 e. The molecule has 1 aliphatic heterocycles. The van der Waals surface area contributed by atoms with Crippen LogP contribution in [0, 0.1) is 0 Å². The molecule has 0 radical (unpaired) electrons. The Morgan fingerprint density at radius 3 is 2.73 bits per heavy atom. The first-order chi connectivity index (χ1) is 7.05. The molecule has 1 saturated heterocycles. The molecule has 1 fully saturated rings. The first-order valence-electron chi connectivity index (χ1n) is 4.87. The van der Waals surface area contributed by atoms with Crippen LogP contribution in [0.5, 0.6) is 0 Å². The van der Waals surface area contributed by atoms with E-state index in [1.807, 2.05) is 13.8 Å². The van der Waals surface area contributed by atoms with Crippen LogP contribution in [0.1, 0.15) is 25.6 Å². The third kappa shape index (κ3) is 2.70. The summed E-state index contributed by atoms with van der Waals surface area (Å²) in [7, 11) is 0. The molecule has 2 rings (SSSR count). The molecule has 0 bridgehead atoms. The lowest BCUT2D eigenvalue weighted by Gasteiger charge is -2.24. The number of rotatable bonds is 4. The van der Waals surface area contributed by atoms with Crippen LogP contribution in [0.15, 0.2) is 4.52 Å². The molecule has 0 aromatic carbocycles. The summed E-state index contributed by atoms with van der Waals surface area (Å²) in [6, 6.07) is 0. The van der Waals surface area contributed by atoms with Gasteiger partial charge in [-0.15, -0.1) is 11.8 Å². The minimum Gasteiger partial charge on any atom is -0.379 e. The van der Waals surface area contributed by atoms with Gasteiger partial charge in [0, 0.05) is 0 Å². The Balaban J connectivity index is 1.89. The largest absolute Gasteiger partial charge is 0.379 e.